The third-order valence-corrected chi connectivity index (χ3v) is 3.86. The lowest BCUT2D eigenvalue weighted by molar-refractivity contribution is 0.347. The van der Waals surface area contributed by atoms with E-state index >= 15 is 0 Å². The Labute approximate surface area is 122 Å². The molecule has 106 valence electrons. The molecule has 1 N–H and O–H groups in total. The minimum absolute atomic E-state index is 0.0134. The van der Waals surface area contributed by atoms with Gasteiger partial charge in [0.05, 0.1) is 0 Å². The van der Waals surface area contributed by atoms with Crippen LogP contribution in [-0.2, 0) is 5.41 Å². The molecule has 0 radical (unpaired) electrons. The summed E-state index contributed by atoms with van der Waals surface area (Å²) in [5, 5.41) is 3.68. The van der Waals surface area contributed by atoms with Crippen LogP contribution in [0.3, 0.4) is 0 Å². The number of aromatic nitrogens is 1. The van der Waals surface area contributed by atoms with Gasteiger partial charge in [-0.25, -0.2) is 0 Å². The van der Waals surface area contributed by atoms with E-state index in [0.29, 0.717) is 0 Å². The van der Waals surface area contributed by atoms with Gasteiger partial charge in [-0.2, -0.15) is 0 Å². The molecule has 0 aliphatic rings. The molecule has 0 aliphatic carbocycles. The van der Waals surface area contributed by atoms with E-state index in [2.05, 4.69) is 67.5 Å². The Balaban J connectivity index is 2.35. The molecule has 2 heteroatoms. The van der Waals surface area contributed by atoms with Gasteiger partial charge in [0, 0.05) is 23.9 Å². The molecule has 0 aliphatic heterocycles. The zero-order chi connectivity index (χ0) is 14.4. The Morgan fingerprint density at radius 1 is 1.10 bits per heavy atom. The van der Waals surface area contributed by atoms with Gasteiger partial charge in [-0.05, 0) is 30.2 Å². The van der Waals surface area contributed by atoms with Gasteiger partial charge >= 0.3 is 0 Å². The molecule has 1 unspecified atom stereocenters. The maximum atomic E-state index is 4.28. The molecule has 0 saturated carbocycles. The molecule has 0 bridgehead atoms. The zero-order valence-electron chi connectivity index (χ0n) is 12.6. The van der Waals surface area contributed by atoms with Crippen LogP contribution in [0.5, 0.6) is 0 Å². The third-order valence-electron chi connectivity index (χ3n) is 3.86. The van der Waals surface area contributed by atoms with Crippen LogP contribution in [0.15, 0.2) is 54.9 Å². The van der Waals surface area contributed by atoms with E-state index in [4.69, 9.17) is 0 Å². The van der Waals surface area contributed by atoms with E-state index in [-0.39, 0.29) is 11.5 Å². The largest absolute Gasteiger partial charge is 0.309 e. The first-order chi connectivity index (χ1) is 9.66. The Hall–Kier alpha value is -1.67. The topological polar surface area (TPSA) is 24.9 Å². The Kier molecular flexibility index (Phi) is 4.91. The van der Waals surface area contributed by atoms with E-state index in [1.807, 2.05) is 18.5 Å². The summed E-state index contributed by atoms with van der Waals surface area (Å²) in [6.07, 6.45) is 4.93. The van der Waals surface area contributed by atoms with Gasteiger partial charge in [-0.1, -0.05) is 57.2 Å². The van der Waals surface area contributed by atoms with Gasteiger partial charge in [0.1, 0.15) is 0 Å². The first-order valence-electron chi connectivity index (χ1n) is 7.35. The van der Waals surface area contributed by atoms with Crippen molar-refractivity contribution in [2.24, 2.45) is 0 Å². The lowest BCUT2D eigenvalue weighted by atomic mass is 9.75. The summed E-state index contributed by atoms with van der Waals surface area (Å²) >= 11 is 0. The van der Waals surface area contributed by atoms with Crippen LogP contribution in [0.25, 0.3) is 0 Å². The number of hydrogen-bond donors (Lipinski definition) is 1. The second-order valence-corrected chi connectivity index (χ2v) is 5.76. The van der Waals surface area contributed by atoms with Crippen molar-refractivity contribution < 1.29 is 0 Å². The number of pyridine rings is 1. The van der Waals surface area contributed by atoms with Gasteiger partial charge in [0.25, 0.3) is 0 Å². The molecular weight excluding hydrogens is 244 g/mol. The van der Waals surface area contributed by atoms with Crippen molar-refractivity contribution in [3.05, 3.63) is 66.0 Å². The predicted octanol–water partition coefficient (Wildman–Crippen LogP) is 4.10. The van der Waals surface area contributed by atoms with Crippen molar-refractivity contribution >= 4 is 0 Å². The molecule has 1 heterocycles. The Bertz CT molecular complexity index is 505. The number of nitrogens with one attached hydrogen (secondary N) is 1. The highest BCUT2D eigenvalue weighted by atomic mass is 14.9. The van der Waals surface area contributed by atoms with Crippen molar-refractivity contribution in [2.45, 2.75) is 38.6 Å². The van der Waals surface area contributed by atoms with Crippen molar-refractivity contribution in [1.82, 2.24) is 10.3 Å². The fraction of sp³-hybridized carbons (Fsp3) is 0.389. The molecule has 0 amide bonds. The minimum atomic E-state index is 0.0134. The minimum Gasteiger partial charge on any atom is -0.309 e. The van der Waals surface area contributed by atoms with Crippen molar-refractivity contribution in [3.8, 4) is 0 Å². The van der Waals surface area contributed by atoms with Crippen LogP contribution in [0, 0.1) is 0 Å². The molecule has 20 heavy (non-hydrogen) atoms. The Morgan fingerprint density at radius 3 is 2.45 bits per heavy atom. The van der Waals surface area contributed by atoms with Gasteiger partial charge in [0.2, 0.25) is 0 Å². The summed E-state index contributed by atoms with van der Waals surface area (Å²) in [5.41, 5.74) is 2.60. The second-order valence-electron chi connectivity index (χ2n) is 5.76. The fourth-order valence-corrected chi connectivity index (χ4v) is 2.66. The van der Waals surface area contributed by atoms with E-state index in [1.165, 1.54) is 11.1 Å². The van der Waals surface area contributed by atoms with Crippen LogP contribution < -0.4 is 5.32 Å². The molecular formula is C18H24N2. The van der Waals surface area contributed by atoms with Crippen LogP contribution in [0.4, 0.5) is 0 Å². The third kappa shape index (κ3) is 3.26. The average Bonchev–Trinajstić information content (AvgIpc) is 2.49. The summed E-state index contributed by atoms with van der Waals surface area (Å²) in [6, 6.07) is 15.1. The highest BCUT2D eigenvalue weighted by Gasteiger charge is 2.32. The van der Waals surface area contributed by atoms with Gasteiger partial charge in [-0.15, -0.1) is 0 Å². The monoisotopic (exact) mass is 268 g/mol. The quantitative estimate of drug-likeness (QED) is 0.853. The summed E-state index contributed by atoms with van der Waals surface area (Å²) in [4.78, 5) is 4.28. The summed E-state index contributed by atoms with van der Waals surface area (Å²) in [6.45, 7) is 7.80. The first kappa shape index (κ1) is 14.7. The number of hydrogen-bond acceptors (Lipinski definition) is 2. The number of nitrogens with zero attached hydrogens (tertiary/aromatic N) is 1. The van der Waals surface area contributed by atoms with E-state index in [9.17, 15) is 0 Å². The molecule has 1 aromatic heterocycles. The SMILES string of the molecule is CCCNC(c1cccnc1)C(C)(C)c1ccccc1. The fourth-order valence-electron chi connectivity index (χ4n) is 2.66. The van der Waals surface area contributed by atoms with Crippen molar-refractivity contribution in [1.29, 1.82) is 0 Å². The molecule has 1 atom stereocenters. The molecule has 0 fully saturated rings. The second kappa shape index (κ2) is 6.67. The van der Waals surface area contributed by atoms with Crippen LogP contribution in [0.2, 0.25) is 0 Å². The molecule has 2 aromatic rings. The van der Waals surface area contributed by atoms with Crippen molar-refractivity contribution in [2.75, 3.05) is 6.54 Å². The van der Waals surface area contributed by atoms with E-state index < -0.39 is 0 Å². The lowest BCUT2D eigenvalue weighted by Crippen LogP contribution is -2.37. The number of benzene rings is 1. The van der Waals surface area contributed by atoms with Gasteiger partial charge in [0.15, 0.2) is 0 Å². The summed E-state index contributed by atoms with van der Waals surface area (Å²) in [5.74, 6) is 0. The van der Waals surface area contributed by atoms with Crippen LogP contribution in [-0.4, -0.2) is 11.5 Å². The normalized spacial score (nSPS) is 13.2. The zero-order valence-corrected chi connectivity index (χ0v) is 12.6. The lowest BCUT2D eigenvalue weighted by Gasteiger charge is -2.36. The highest BCUT2D eigenvalue weighted by molar-refractivity contribution is 5.30. The van der Waals surface area contributed by atoms with Crippen LogP contribution >= 0.6 is 0 Å². The maximum Gasteiger partial charge on any atom is 0.0428 e. The maximum absolute atomic E-state index is 4.28. The smallest absolute Gasteiger partial charge is 0.0428 e. The average molecular weight is 268 g/mol. The van der Waals surface area contributed by atoms with Gasteiger partial charge in [-0.3, -0.25) is 4.98 Å². The summed E-state index contributed by atoms with van der Waals surface area (Å²) < 4.78 is 0. The van der Waals surface area contributed by atoms with Crippen molar-refractivity contribution in [3.63, 3.8) is 0 Å². The molecule has 0 saturated heterocycles. The first-order valence-corrected chi connectivity index (χ1v) is 7.35. The number of rotatable bonds is 6. The predicted molar refractivity (Wildman–Crippen MR) is 84.7 cm³/mol. The van der Waals surface area contributed by atoms with Crippen LogP contribution in [0.1, 0.15) is 44.4 Å². The molecule has 2 rings (SSSR count). The molecule has 2 nitrogen and oxygen atoms in total. The van der Waals surface area contributed by atoms with Gasteiger partial charge < -0.3 is 5.32 Å². The van der Waals surface area contributed by atoms with E-state index in [0.717, 1.165) is 13.0 Å². The Morgan fingerprint density at radius 2 is 1.85 bits per heavy atom. The standard InChI is InChI=1S/C18H24N2/c1-4-12-20-17(15-9-8-13-19-14-15)18(2,3)16-10-6-5-7-11-16/h5-11,13-14,17,20H,4,12H2,1-3H3. The molecule has 0 spiro atoms. The highest BCUT2D eigenvalue weighted by Crippen LogP contribution is 2.36. The van der Waals surface area contributed by atoms with E-state index in [1.54, 1.807) is 0 Å². The molecule has 1 aromatic carbocycles. The summed E-state index contributed by atoms with van der Waals surface area (Å²) in [7, 11) is 0.